The van der Waals surface area contributed by atoms with Crippen molar-refractivity contribution in [3.05, 3.63) is 62.6 Å². The van der Waals surface area contributed by atoms with E-state index in [0.717, 1.165) is 16.9 Å². The minimum atomic E-state index is 0.0388. The maximum Gasteiger partial charge on any atom is 0.123 e. The lowest BCUT2D eigenvalue weighted by atomic mass is 10.1. The first-order chi connectivity index (χ1) is 10.5. The Kier molecular flexibility index (Phi) is 6.39. The zero-order valence-electron chi connectivity index (χ0n) is 12.5. The number of benzene rings is 2. The van der Waals surface area contributed by atoms with Crippen LogP contribution in [0.15, 0.2) is 36.4 Å². The van der Waals surface area contributed by atoms with E-state index >= 15 is 0 Å². The Morgan fingerprint density at radius 2 is 1.77 bits per heavy atom. The van der Waals surface area contributed by atoms with Gasteiger partial charge in [0.15, 0.2) is 0 Å². The van der Waals surface area contributed by atoms with Gasteiger partial charge in [-0.05, 0) is 31.5 Å². The molecule has 118 valence electrons. The van der Waals surface area contributed by atoms with E-state index in [2.05, 4.69) is 5.32 Å². The second-order valence-corrected chi connectivity index (χ2v) is 6.07. The zero-order chi connectivity index (χ0) is 16.1. The van der Waals surface area contributed by atoms with Gasteiger partial charge in [0.2, 0.25) is 0 Å². The maximum atomic E-state index is 6.28. The monoisotopic (exact) mass is 357 g/mol. The summed E-state index contributed by atoms with van der Waals surface area (Å²) >= 11 is 18.3. The number of halogens is 3. The summed E-state index contributed by atoms with van der Waals surface area (Å²) in [5.74, 6) is 0.893. The van der Waals surface area contributed by atoms with Gasteiger partial charge in [0.1, 0.15) is 5.75 Å². The molecular formula is C17H18Cl3NO. The standard InChI is InChI=1S/C17H18Cl3NO/c1-3-22-15-7-5-4-6-12(15)10-21-11(2)13-8-9-14(18)17(20)16(13)19/h4-9,11,21H,3,10H2,1-2H3. The van der Waals surface area contributed by atoms with Crippen LogP contribution in [0.3, 0.4) is 0 Å². The van der Waals surface area contributed by atoms with Crippen molar-refractivity contribution in [3.8, 4) is 5.75 Å². The average Bonchev–Trinajstić information content (AvgIpc) is 2.52. The molecule has 1 unspecified atom stereocenters. The molecule has 5 heteroatoms. The number of hydrogen-bond donors (Lipinski definition) is 1. The van der Waals surface area contributed by atoms with Crippen LogP contribution in [-0.4, -0.2) is 6.61 Å². The zero-order valence-corrected chi connectivity index (χ0v) is 14.8. The van der Waals surface area contributed by atoms with Crippen molar-refractivity contribution in [2.75, 3.05) is 6.61 Å². The fourth-order valence-electron chi connectivity index (χ4n) is 2.19. The second kappa shape index (κ2) is 8.07. The second-order valence-electron chi connectivity index (χ2n) is 4.91. The summed E-state index contributed by atoms with van der Waals surface area (Å²) in [6.07, 6.45) is 0. The lowest BCUT2D eigenvalue weighted by molar-refractivity contribution is 0.335. The van der Waals surface area contributed by atoms with E-state index in [-0.39, 0.29) is 6.04 Å². The molecule has 0 spiro atoms. The predicted molar refractivity (Wildman–Crippen MR) is 94.3 cm³/mol. The topological polar surface area (TPSA) is 21.3 Å². The van der Waals surface area contributed by atoms with Gasteiger partial charge >= 0.3 is 0 Å². The summed E-state index contributed by atoms with van der Waals surface area (Å²) < 4.78 is 5.63. The number of rotatable bonds is 6. The summed E-state index contributed by atoms with van der Waals surface area (Å²) in [5, 5.41) is 4.78. The molecule has 0 aliphatic rings. The molecule has 22 heavy (non-hydrogen) atoms. The van der Waals surface area contributed by atoms with Gasteiger partial charge in [-0.2, -0.15) is 0 Å². The van der Waals surface area contributed by atoms with E-state index in [1.165, 1.54) is 0 Å². The van der Waals surface area contributed by atoms with Gasteiger partial charge < -0.3 is 10.1 Å². The van der Waals surface area contributed by atoms with Gasteiger partial charge in [-0.3, -0.25) is 0 Å². The summed E-state index contributed by atoms with van der Waals surface area (Å²) in [6, 6.07) is 11.7. The van der Waals surface area contributed by atoms with Crippen molar-refractivity contribution in [2.45, 2.75) is 26.4 Å². The highest BCUT2D eigenvalue weighted by atomic mass is 35.5. The quantitative estimate of drug-likeness (QED) is 0.649. The van der Waals surface area contributed by atoms with Gasteiger partial charge in [-0.15, -0.1) is 0 Å². The van der Waals surface area contributed by atoms with Gasteiger partial charge in [0, 0.05) is 18.2 Å². The largest absolute Gasteiger partial charge is 0.494 e. The third-order valence-electron chi connectivity index (χ3n) is 3.40. The van der Waals surface area contributed by atoms with E-state index in [4.69, 9.17) is 39.5 Å². The van der Waals surface area contributed by atoms with E-state index in [1.54, 1.807) is 6.07 Å². The summed E-state index contributed by atoms with van der Waals surface area (Å²) in [6.45, 7) is 5.33. The average molecular weight is 359 g/mol. The Morgan fingerprint density at radius 1 is 1.05 bits per heavy atom. The molecule has 0 aromatic heterocycles. The van der Waals surface area contributed by atoms with Crippen LogP contribution in [-0.2, 0) is 6.54 Å². The molecule has 1 N–H and O–H groups in total. The number of hydrogen-bond acceptors (Lipinski definition) is 2. The van der Waals surface area contributed by atoms with Crippen molar-refractivity contribution < 1.29 is 4.74 Å². The molecule has 0 bridgehead atoms. The fraction of sp³-hybridized carbons (Fsp3) is 0.294. The maximum absolute atomic E-state index is 6.28. The Balaban J connectivity index is 2.10. The molecule has 0 saturated carbocycles. The Morgan fingerprint density at radius 3 is 2.50 bits per heavy atom. The van der Waals surface area contributed by atoms with Crippen molar-refractivity contribution in [2.24, 2.45) is 0 Å². The molecule has 0 saturated heterocycles. The molecule has 0 radical (unpaired) electrons. The van der Waals surface area contributed by atoms with Crippen LogP contribution in [0.5, 0.6) is 5.75 Å². The molecule has 0 amide bonds. The third kappa shape index (κ3) is 4.08. The van der Waals surface area contributed by atoms with Crippen LogP contribution in [0.1, 0.15) is 31.0 Å². The smallest absolute Gasteiger partial charge is 0.123 e. The van der Waals surface area contributed by atoms with Crippen LogP contribution in [0, 0.1) is 0 Å². The highest BCUT2D eigenvalue weighted by Gasteiger charge is 2.14. The predicted octanol–water partition coefficient (Wildman–Crippen LogP) is 5.90. The van der Waals surface area contributed by atoms with Gasteiger partial charge in [0.25, 0.3) is 0 Å². The molecule has 1 atom stereocenters. The molecule has 2 rings (SSSR count). The van der Waals surface area contributed by atoms with Crippen molar-refractivity contribution >= 4 is 34.8 Å². The Hall–Kier alpha value is -0.930. The first-order valence-electron chi connectivity index (χ1n) is 7.12. The minimum Gasteiger partial charge on any atom is -0.494 e. The summed E-state index contributed by atoms with van der Waals surface area (Å²) in [7, 11) is 0. The molecule has 0 aliphatic heterocycles. The minimum absolute atomic E-state index is 0.0388. The van der Waals surface area contributed by atoms with Crippen LogP contribution in [0.25, 0.3) is 0 Å². The molecule has 2 nitrogen and oxygen atoms in total. The van der Waals surface area contributed by atoms with E-state index in [0.29, 0.717) is 28.2 Å². The van der Waals surface area contributed by atoms with Gasteiger partial charge in [0.05, 0.1) is 21.7 Å². The SMILES string of the molecule is CCOc1ccccc1CNC(C)c1ccc(Cl)c(Cl)c1Cl. The van der Waals surface area contributed by atoms with Crippen LogP contribution in [0.4, 0.5) is 0 Å². The summed E-state index contributed by atoms with van der Waals surface area (Å²) in [5.41, 5.74) is 2.03. The van der Waals surface area contributed by atoms with E-state index in [1.807, 2.05) is 44.2 Å². The highest BCUT2D eigenvalue weighted by molar-refractivity contribution is 6.48. The molecular weight excluding hydrogens is 341 g/mol. The van der Waals surface area contributed by atoms with Crippen LogP contribution < -0.4 is 10.1 Å². The fourth-order valence-corrected chi connectivity index (χ4v) is 2.90. The summed E-state index contributed by atoms with van der Waals surface area (Å²) in [4.78, 5) is 0. The van der Waals surface area contributed by atoms with E-state index in [9.17, 15) is 0 Å². The normalized spacial score (nSPS) is 12.2. The van der Waals surface area contributed by atoms with Crippen LogP contribution >= 0.6 is 34.8 Å². The number of para-hydroxylation sites is 1. The van der Waals surface area contributed by atoms with Crippen LogP contribution in [0.2, 0.25) is 15.1 Å². The first-order valence-corrected chi connectivity index (χ1v) is 8.25. The highest BCUT2D eigenvalue weighted by Crippen LogP contribution is 2.35. The lowest BCUT2D eigenvalue weighted by Gasteiger charge is -2.18. The molecule has 0 heterocycles. The third-order valence-corrected chi connectivity index (χ3v) is 4.71. The van der Waals surface area contributed by atoms with Crippen molar-refractivity contribution in [1.29, 1.82) is 0 Å². The van der Waals surface area contributed by atoms with Crippen molar-refractivity contribution in [1.82, 2.24) is 5.32 Å². The van der Waals surface area contributed by atoms with E-state index < -0.39 is 0 Å². The Bertz CT molecular complexity index is 646. The van der Waals surface area contributed by atoms with Crippen molar-refractivity contribution in [3.63, 3.8) is 0 Å². The van der Waals surface area contributed by atoms with Gasteiger partial charge in [-0.25, -0.2) is 0 Å². The molecule has 2 aromatic carbocycles. The number of ether oxygens (including phenoxy) is 1. The Labute approximate surface area is 146 Å². The lowest BCUT2D eigenvalue weighted by Crippen LogP contribution is -2.19. The van der Waals surface area contributed by atoms with Gasteiger partial charge in [-0.1, -0.05) is 59.1 Å². The molecule has 0 fully saturated rings. The first kappa shape index (κ1) is 17.4. The molecule has 0 aliphatic carbocycles. The molecule has 2 aromatic rings. The number of nitrogens with one attached hydrogen (secondary N) is 1.